The highest BCUT2D eigenvalue weighted by Crippen LogP contribution is 2.38. The van der Waals surface area contributed by atoms with Crippen LogP contribution in [0.3, 0.4) is 0 Å². The Labute approximate surface area is 189 Å². The summed E-state index contributed by atoms with van der Waals surface area (Å²) in [5.74, 6) is -1.38. The van der Waals surface area contributed by atoms with Gasteiger partial charge in [0.2, 0.25) is 0 Å². The number of ether oxygens (including phenoxy) is 2. The second kappa shape index (κ2) is 9.47. The molecule has 12 heteroatoms. The molecule has 2 aromatic carbocycles. The third-order valence-corrected chi connectivity index (χ3v) is 4.94. The standard InChI is InChI=1S/C20H16BrN3O8/c1-31-16-8-12(7-15-19(27)23(9-17(25)26)20(28)22-15)6-14(21)18(16)32-10-11-2-4-13(5-3-11)24(29)30/h2-8H,9-10H2,1H3,(H,22,28)(H,25,26)/b15-7+. The highest BCUT2D eigenvalue weighted by atomic mass is 79.9. The van der Waals surface area contributed by atoms with Crippen molar-refractivity contribution in [1.82, 2.24) is 10.2 Å². The summed E-state index contributed by atoms with van der Waals surface area (Å²) >= 11 is 3.38. The van der Waals surface area contributed by atoms with Crippen LogP contribution in [0, 0.1) is 10.1 Å². The van der Waals surface area contributed by atoms with E-state index in [1.807, 2.05) is 0 Å². The maximum atomic E-state index is 12.3. The second-order valence-corrected chi connectivity index (χ2v) is 7.37. The minimum Gasteiger partial charge on any atom is -0.493 e. The number of imide groups is 1. The zero-order valence-electron chi connectivity index (χ0n) is 16.5. The van der Waals surface area contributed by atoms with E-state index in [4.69, 9.17) is 14.6 Å². The van der Waals surface area contributed by atoms with Crippen molar-refractivity contribution in [3.05, 3.63) is 67.8 Å². The molecule has 0 radical (unpaired) electrons. The number of rotatable bonds is 8. The number of carboxylic acid groups (broad SMARTS) is 1. The van der Waals surface area contributed by atoms with Crippen LogP contribution < -0.4 is 14.8 Å². The average Bonchev–Trinajstić information content (AvgIpc) is 2.99. The number of benzene rings is 2. The Kier molecular flexibility index (Phi) is 6.73. The molecular formula is C20H16BrN3O8. The van der Waals surface area contributed by atoms with E-state index in [0.717, 1.165) is 0 Å². The number of hydrogen-bond donors (Lipinski definition) is 2. The van der Waals surface area contributed by atoms with Crippen LogP contribution in [0.2, 0.25) is 0 Å². The predicted molar refractivity (Wildman–Crippen MR) is 114 cm³/mol. The van der Waals surface area contributed by atoms with Gasteiger partial charge in [-0.15, -0.1) is 0 Å². The molecule has 0 unspecified atom stereocenters. The third-order valence-electron chi connectivity index (χ3n) is 4.35. The predicted octanol–water partition coefficient (Wildman–Crippen LogP) is 2.92. The van der Waals surface area contributed by atoms with Crippen LogP contribution in [-0.4, -0.2) is 46.5 Å². The third kappa shape index (κ3) is 5.03. The van der Waals surface area contributed by atoms with Crippen molar-refractivity contribution in [1.29, 1.82) is 0 Å². The molecule has 1 aliphatic heterocycles. The van der Waals surface area contributed by atoms with Crippen LogP contribution in [-0.2, 0) is 16.2 Å². The zero-order valence-corrected chi connectivity index (χ0v) is 18.1. The van der Waals surface area contributed by atoms with E-state index in [1.54, 1.807) is 24.3 Å². The molecule has 1 saturated heterocycles. The molecule has 0 aliphatic carbocycles. The van der Waals surface area contributed by atoms with Gasteiger partial charge in [0.25, 0.3) is 11.6 Å². The molecule has 3 rings (SSSR count). The molecule has 0 spiro atoms. The van der Waals surface area contributed by atoms with Gasteiger partial charge in [0, 0.05) is 12.1 Å². The van der Waals surface area contributed by atoms with Crippen LogP contribution in [0.15, 0.2) is 46.6 Å². The smallest absolute Gasteiger partial charge is 0.329 e. The van der Waals surface area contributed by atoms with Crippen molar-refractivity contribution in [3.8, 4) is 11.5 Å². The summed E-state index contributed by atoms with van der Waals surface area (Å²) in [6, 6.07) is 8.28. The van der Waals surface area contributed by atoms with Crippen molar-refractivity contribution in [3.63, 3.8) is 0 Å². The Morgan fingerprint density at radius 2 is 1.97 bits per heavy atom. The van der Waals surface area contributed by atoms with E-state index in [-0.39, 0.29) is 18.0 Å². The maximum Gasteiger partial charge on any atom is 0.329 e. The van der Waals surface area contributed by atoms with Gasteiger partial charge < -0.3 is 19.9 Å². The van der Waals surface area contributed by atoms with Gasteiger partial charge in [0.05, 0.1) is 16.5 Å². The number of nitrogens with one attached hydrogen (secondary N) is 1. The lowest BCUT2D eigenvalue weighted by Gasteiger charge is -2.14. The molecule has 11 nitrogen and oxygen atoms in total. The number of carboxylic acids is 1. The lowest BCUT2D eigenvalue weighted by atomic mass is 10.1. The average molecular weight is 506 g/mol. The summed E-state index contributed by atoms with van der Waals surface area (Å²) in [6.07, 6.45) is 1.38. The van der Waals surface area contributed by atoms with E-state index in [1.165, 1.54) is 25.3 Å². The summed E-state index contributed by atoms with van der Waals surface area (Å²) in [6.45, 7) is -0.628. The number of aliphatic carboxylic acids is 1. The molecule has 1 aliphatic rings. The number of hydrogen-bond acceptors (Lipinski definition) is 7. The SMILES string of the molecule is COc1cc(/C=C2/NC(=O)N(CC(=O)O)C2=O)cc(Br)c1OCc1ccc([N+](=O)[O-])cc1. The summed E-state index contributed by atoms with van der Waals surface area (Å²) in [5, 5.41) is 21.9. The maximum absolute atomic E-state index is 12.3. The first-order valence-corrected chi connectivity index (χ1v) is 9.79. The summed E-state index contributed by atoms with van der Waals surface area (Å²) in [4.78, 5) is 45.8. The van der Waals surface area contributed by atoms with Crippen molar-refractivity contribution >= 4 is 45.6 Å². The monoisotopic (exact) mass is 505 g/mol. The fraction of sp³-hybridized carbons (Fsp3) is 0.150. The van der Waals surface area contributed by atoms with Gasteiger partial charge >= 0.3 is 12.0 Å². The topological polar surface area (TPSA) is 148 Å². The van der Waals surface area contributed by atoms with Crippen molar-refractivity contribution in [2.75, 3.05) is 13.7 Å². The Hall–Kier alpha value is -3.93. The fourth-order valence-corrected chi connectivity index (χ4v) is 3.42. The molecule has 2 aromatic rings. The minimum absolute atomic E-state index is 0.0274. The van der Waals surface area contributed by atoms with Crippen molar-refractivity contribution < 1.29 is 33.9 Å². The molecular weight excluding hydrogens is 490 g/mol. The van der Waals surface area contributed by atoms with Crippen LogP contribution in [0.5, 0.6) is 11.5 Å². The van der Waals surface area contributed by atoms with Crippen LogP contribution in [0.1, 0.15) is 11.1 Å². The number of nitro groups is 1. The Morgan fingerprint density at radius 3 is 2.56 bits per heavy atom. The molecule has 1 fully saturated rings. The highest BCUT2D eigenvalue weighted by molar-refractivity contribution is 9.10. The minimum atomic E-state index is -1.31. The summed E-state index contributed by atoms with van der Waals surface area (Å²) in [5.41, 5.74) is 1.08. The largest absolute Gasteiger partial charge is 0.493 e. The first-order valence-electron chi connectivity index (χ1n) is 8.99. The molecule has 166 valence electrons. The van der Waals surface area contributed by atoms with E-state index in [2.05, 4.69) is 21.2 Å². The molecule has 0 bridgehead atoms. The Morgan fingerprint density at radius 1 is 1.28 bits per heavy atom. The van der Waals surface area contributed by atoms with Crippen LogP contribution in [0.25, 0.3) is 6.08 Å². The quantitative estimate of drug-likeness (QED) is 0.240. The molecule has 3 amide bonds. The summed E-state index contributed by atoms with van der Waals surface area (Å²) in [7, 11) is 1.43. The zero-order chi connectivity index (χ0) is 23.4. The van der Waals surface area contributed by atoms with E-state index >= 15 is 0 Å². The van der Waals surface area contributed by atoms with Crippen LogP contribution >= 0.6 is 15.9 Å². The number of amides is 3. The Bertz CT molecular complexity index is 1130. The van der Waals surface area contributed by atoms with Crippen LogP contribution in [0.4, 0.5) is 10.5 Å². The summed E-state index contributed by atoms with van der Waals surface area (Å²) < 4.78 is 11.6. The number of halogens is 1. The van der Waals surface area contributed by atoms with Gasteiger partial charge in [-0.05, 0) is 57.4 Å². The number of nitrogens with zero attached hydrogens (tertiary/aromatic N) is 2. The van der Waals surface area contributed by atoms with Gasteiger partial charge in [0.1, 0.15) is 18.8 Å². The lowest BCUT2D eigenvalue weighted by molar-refractivity contribution is -0.384. The fourth-order valence-electron chi connectivity index (χ4n) is 2.85. The molecule has 0 saturated carbocycles. The molecule has 0 atom stereocenters. The van der Waals surface area contributed by atoms with E-state index < -0.39 is 29.4 Å². The molecule has 0 aromatic heterocycles. The Balaban J connectivity index is 1.80. The van der Waals surface area contributed by atoms with E-state index in [0.29, 0.717) is 32.0 Å². The van der Waals surface area contributed by atoms with Crippen molar-refractivity contribution in [2.24, 2.45) is 0 Å². The van der Waals surface area contributed by atoms with Gasteiger partial charge in [-0.1, -0.05) is 0 Å². The molecule has 1 heterocycles. The van der Waals surface area contributed by atoms with Gasteiger partial charge in [-0.25, -0.2) is 9.69 Å². The number of carbonyl (C=O) groups is 3. The lowest BCUT2D eigenvalue weighted by Crippen LogP contribution is -2.35. The van der Waals surface area contributed by atoms with Crippen molar-refractivity contribution in [2.45, 2.75) is 6.61 Å². The molecule has 32 heavy (non-hydrogen) atoms. The number of non-ortho nitro benzene ring substituents is 1. The normalized spacial score (nSPS) is 14.4. The molecule has 2 N–H and O–H groups in total. The van der Waals surface area contributed by atoms with Gasteiger partial charge in [-0.2, -0.15) is 0 Å². The second-order valence-electron chi connectivity index (χ2n) is 6.52. The highest BCUT2D eigenvalue weighted by Gasteiger charge is 2.34. The van der Waals surface area contributed by atoms with E-state index in [9.17, 15) is 24.5 Å². The number of urea groups is 1. The first-order chi connectivity index (χ1) is 15.2. The number of carbonyl (C=O) groups excluding carboxylic acids is 2. The first kappa shape index (κ1) is 22.7. The van der Waals surface area contributed by atoms with Gasteiger partial charge in [0.15, 0.2) is 11.5 Å². The van der Waals surface area contributed by atoms with Gasteiger partial charge in [-0.3, -0.25) is 19.7 Å². The number of nitro benzene ring substituents is 1. The number of methoxy groups -OCH3 is 1.